The Morgan fingerprint density at radius 1 is 0.364 bits per heavy atom. The normalized spacial score (nSPS) is 11.6. The maximum absolute atomic E-state index is 2.39. The van der Waals surface area contributed by atoms with Crippen LogP contribution in [0.5, 0.6) is 0 Å². The van der Waals surface area contributed by atoms with E-state index in [2.05, 4.69) is 169 Å². The molecule has 0 unspecified atom stereocenters. The van der Waals surface area contributed by atoms with Crippen LogP contribution < -0.4 is 4.90 Å². The molecule has 44 heavy (non-hydrogen) atoms. The summed E-state index contributed by atoms with van der Waals surface area (Å²) in [4.78, 5) is 2.39. The average molecular weight is 578 g/mol. The maximum Gasteiger partial charge on any atom is 0.0554 e. The van der Waals surface area contributed by atoms with Crippen LogP contribution in [0, 0.1) is 0 Å². The minimum Gasteiger partial charge on any atom is -0.310 e. The average Bonchev–Trinajstić information content (AvgIpc) is 3.48. The van der Waals surface area contributed by atoms with E-state index in [1.165, 1.54) is 69.3 Å². The van der Waals surface area contributed by atoms with Gasteiger partial charge in [0.25, 0.3) is 0 Å². The third-order valence-corrected chi connectivity index (χ3v) is 9.97. The molecule has 0 saturated heterocycles. The summed E-state index contributed by atoms with van der Waals surface area (Å²) in [5, 5.41) is 10.3. The zero-order chi connectivity index (χ0) is 29.0. The summed E-state index contributed by atoms with van der Waals surface area (Å²) in [6.07, 6.45) is 0. The number of fused-ring (bicyclic) bond motifs is 8. The van der Waals surface area contributed by atoms with Crippen LogP contribution in [0.15, 0.2) is 164 Å². The highest BCUT2D eigenvalue weighted by molar-refractivity contribution is 7.26. The number of nitrogens with zero attached hydrogens (tertiary/aromatic N) is 1. The van der Waals surface area contributed by atoms with Crippen molar-refractivity contribution in [2.45, 2.75) is 0 Å². The van der Waals surface area contributed by atoms with Crippen LogP contribution in [0.25, 0.3) is 63.6 Å². The summed E-state index contributed by atoms with van der Waals surface area (Å²) in [5.74, 6) is 0. The molecule has 1 heterocycles. The highest BCUT2D eigenvalue weighted by Crippen LogP contribution is 2.45. The Kier molecular flexibility index (Phi) is 5.75. The molecule has 9 aromatic rings. The molecule has 0 atom stereocenters. The number of anilines is 3. The van der Waals surface area contributed by atoms with E-state index in [9.17, 15) is 0 Å². The van der Waals surface area contributed by atoms with Crippen molar-refractivity contribution < 1.29 is 0 Å². The van der Waals surface area contributed by atoms with Crippen molar-refractivity contribution in [3.63, 3.8) is 0 Å². The second-order valence-electron chi connectivity index (χ2n) is 11.3. The molecule has 0 amide bonds. The Morgan fingerprint density at radius 3 is 1.82 bits per heavy atom. The summed E-state index contributed by atoms with van der Waals surface area (Å²) < 4.78 is 2.62. The number of thiophene rings is 1. The van der Waals surface area contributed by atoms with Gasteiger partial charge in [-0.05, 0) is 92.0 Å². The zero-order valence-electron chi connectivity index (χ0n) is 23.9. The van der Waals surface area contributed by atoms with E-state index < -0.39 is 0 Å². The quantitative estimate of drug-likeness (QED) is 0.188. The van der Waals surface area contributed by atoms with E-state index in [1.54, 1.807) is 0 Å². The fourth-order valence-electron chi connectivity index (χ4n) is 6.75. The summed E-state index contributed by atoms with van der Waals surface area (Å²) in [7, 11) is 0. The van der Waals surface area contributed by atoms with E-state index in [-0.39, 0.29) is 0 Å². The summed E-state index contributed by atoms with van der Waals surface area (Å²) in [6.45, 7) is 0. The van der Waals surface area contributed by atoms with Crippen LogP contribution in [0.2, 0.25) is 0 Å². The molecule has 1 nitrogen and oxygen atoms in total. The van der Waals surface area contributed by atoms with Gasteiger partial charge in [-0.1, -0.05) is 115 Å². The van der Waals surface area contributed by atoms with Crippen molar-refractivity contribution >= 4 is 80.9 Å². The number of para-hydroxylation sites is 1. The highest BCUT2D eigenvalue weighted by atomic mass is 32.1. The van der Waals surface area contributed by atoms with E-state index in [1.807, 2.05) is 11.3 Å². The molecule has 2 heteroatoms. The van der Waals surface area contributed by atoms with Crippen LogP contribution in [0.4, 0.5) is 17.1 Å². The molecule has 1 aromatic heterocycles. The molecule has 0 aliphatic heterocycles. The molecule has 8 aromatic carbocycles. The van der Waals surface area contributed by atoms with Gasteiger partial charge >= 0.3 is 0 Å². The Balaban J connectivity index is 1.18. The number of rotatable bonds is 4. The van der Waals surface area contributed by atoms with Crippen LogP contribution in [-0.4, -0.2) is 0 Å². The summed E-state index contributed by atoms with van der Waals surface area (Å²) in [5.41, 5.74) is 5.92. The largest absolute Gasteiger partial charge is 0.310 e. The van der Waals surface area contributed by atoms with Crippen molar-refractivity contribution in [2.24, 2.45) is 0 Å². The van der Waals surface area contributed by atoms with Crippen LogP contribution in [0.3, 0.4) is 0 Å². The minimum atomic E-state index is 1.14. The van der Waals surface area contributed by atoms with Crippen LogP contribution in [-0.2, 0) is 0 Å². The van der Waals surface area contributed by atoms with Gasteiger partial charge in [-0.25, -0.2) is 0 Å². The molecule has 0 bridgehead atoms. The molecular weight excluding hydrogens is 551 g/mol. The fourth-order valence-corrected chi connectivity index (χ4v) is 7.87. The first-order chi connectivity index (χ1) is 21.8. The van der Waals surface area contributed by atoms with Crippen molar-refractivity contribution in [1.29, 1.82) is 0 Å². The van der Waals surface area contributed by atoms with Crippen molar-refractivity contribution in [2.75, 3.05) is 4.90 Å². The van der Waals surface area contributed by atoms with Crippen molar-refractivity contribution in [3.05, 3.63) is 164 Å². The first kappa shape index (κ1) is 25.1. The molecule has 0 radical (unpaired) electrons. The van der Waals surface area contributed by atoms with E-state index in [0.29, 0.717) is 0 Å². The lowest BCUT2D eigenvalue weighted by Gasteiger charge is -2.26. The number of benzene rings is 8. The standard InChI is InChI=1S/C42H27NS/c1-2-10-32(11-3-1)43(39-14-8-16-41-42(39)37-13-6-7-15-40(37)44-41)33-23-19-28(20-24-33)31-18-17-30-22-25-35-34-12-5-4-9-29(34)21-26-36(35)38(30)27-31/h1-27H. The SMILES string of the molecule is c1ccc(N(c2ccc(-c3ccc4ccc5c6ccccc6ccc5c4c3)cc2)c2cccc3sc4ccccc4c23)cc1. The summed E-state index contributed by atoms with van der Waals surface area (Å²) >= 11 is 1.86. The molecule has 0 aliphatic carbocycles. The van der Waals surface area contributed by atoms with Crippen molar-refractivity contribution in [1.82, 2.24) is 0 Å². The van der Waals surface area contributed by atoms with Gasteiger partial charge in [-0.2, -0.15) is 0 Å². The van der Waals surface area contributed by atoms with E-state index in [0.717, 1.165) is 11.4 Å². The Hall–Kier alpha value is -5.44. The van der Waals surface area contributed by atoms with Gasteiger partial charge in [0.15, 0.2) is 0 Å². The predicted molar refractivity (Wildman–Crippen MR) is 192 cm³/mol. The van der Waals surface area contributed by atoms with Crippen molar-refractivity contribution in [3.8, 4) is 11.1 Å². The van der Waals surface area contributed by atoms with E-state index >= 15 is 0 Å². The molecular formula is C42H27NS. The fraction of sp³-hybridized carbons (Fsp3) is 0. The lowest BCUT2D eigenvalue weighted by molar-refractivity contribution is 1.30. The first-order valence-electron chi connectivity index (χ1n) is 15.0. The van der Waals surface area contributed by atoms with Gasteiger partial charge in [0.1, 0.15) is 0 Å². The third kappa shape index (κ3) is 4.00. The molecule has 0 spiro atoms. The van der Waals surface area contributed by atoms with Crippen LogP contribution >= 0.6 is 11.3 Å². The Bertz CT molecular complexity index is 2490. The van der Waals surface area contributed by atoms with Gasteiger partial charge in [0.2, 0.25) is 0 Å². The number of hydrogen-bond acceptors (Lipinski definition) is 2. The molecule has 9 rings (SSSR count). The van der Waals surface area contributed by atoms with Gasteiger partial charge < -0.3 is 4.90 Å². The third-order valence-electron chi connectivity index (χ3n) is 8.84. The van der Waals surface area contributed by atoms with Gasteiger partial charge in [0, 0.05) is 31.5 Å². The van der Waals surface area contributed by atoms with Gasteiger partial charge in [-0.15, -0.1) is 11.3 Å². The molecule has 0 fully saturated rings. The first-order valence-corrected chi connectivity index (χ1v) is 15.8. The Morgan fingerprint density at radius 2 is 0.977 bits per heavy atom. The predicted octanol–water partition coefficient (Wildman–Crippen LogP) is 12.7. The lowest BCUT2D eigenvalue weighted by Crippen LogP contribution is -2.10. The van der Waals surface area contributed by atoms with E-state index in [4.69, 9.17) is 0 Å². The van der Waals surface area contributed by atoms with Gasteiger partial charge in [0.05, 0.1) is 5.69 Å². The molecule has 0 aliphatic rings. The monoisotopic (exact) mass is 577 g/mol. The Labute approximate surface area is 259 Å². The topological polar surface area (TPSA) is 3.24 Å². The smallest absolute Gasteiger partial charge is 0.0554 e. The summed E-state index contributed by atoms with van der Waals surface area (Å²) in [6, 6.07) is 59.7. The lowest BCUT2D eigenvalue weighted by atomic mass is 9.94. The number of hydrogen-bond donors (Lipinski definition) is 0. The second-order valence-corrected chi connectivity index (χ2v) is 12.4. The zero-order valence-corrected chi connectivity index (χ0v) is 24.8. The van der Waals surface area contributed by atoms with Gasteiger partial charge in [-0.3, -0.25) is 0 Å². The van der Waals surface area contributed by atoms with Crippen LogP contribution in [0.1, 0.15) is 0 Å². The highest BCUT2D eigenvalue weighted by Gasteiger charge is 2.18. The minimum absolute atomic E-state index is 1.14. The maximum atomic E-state index is 2.39. The second kappa shape index (κ2) is 10.1. The molecule has 206 valence electrons. The molecule has 0 saturated carbocycles. The molecule has 0 N–H and O–H groups in total.